The highest BCUT2D eigenvalue weighted by atomic mass is 16.6. The van der Waals surface area contributed by atoms with Crippen LogP contribution in [-0.2, 0) is 11.2 Å². The maximum absolute atomic E-state index is 12.2. The second-order valence-electron chi connectivity index (χ2n) is 8.59. The summed E-state index contributed by atoms with van der Waals surface area (Å²) in [6.07, 6.45) is 12.4. The molecule has 150 valence electrons. The zero-order valence-electron chi connectivity index (χ0n) is 17.7. The molecule has 0 aromatic carbocycles. The Morgan fingerprint density at radius 2 is 1.93 bits per heavy atom. The minimum absolute atomic E-state index is 0.258. The van der Waals surface area contributed by atoms with Crippen molar-refractivity contribution in [1.29, 1.82) is 0 Å². The summed E-state index contributed by atoms with van der Waals surface area (Å²) >= 11 is 0. The van der Waals surface area contributed by atoms with Crippen LogP contribution >= 0.6 is 0 Å². The molecule has 0 radical (unpaired) electrons. The molecule has 2 heterocycles. The van der Waals surface area contributed by atoms with Crippen molar-refractivity contribution in [1.82, 2.24) is 15.1 Å². The Labute approximate surface area is 168 Å². The summed E-state index contributed by atoms with van der Waals surface area (Å²) in [6.45, 7) is 11.1. The van der Waals surface area contributed by atoms with Crippen LogP contribution in [0.1, 0.15) is 62.5 Å². The van der Waals surface area contributed by atoms with Gasteiger partial charge in [-0.05, 0) is 76.2 Å². The van der Waals surface area contributed by atoms with E-state index in [1.807, 2.05) is 20.8 Å². The van der Waals surface area contributed by atoms with Gasteiger partial charge < -0.3 is 9.64 Å². The standard InChI is InChI=1S/C23H31N3O2/c1-16-17(2)21(25-24-20(16)15-18-9-7-6-8-10-18)19-11-13-26(14-12-19)22(27)28-23(3,4)5/h7,9-11H,6,8,12-15H2,1-5H3. The molecule has 3 rings (SSSR count). The lowest BCUT2D eigenvalue weighted by Gasteiger charge is -2.29. The Hall–Kier alpha value is -2.43. The highest BCUT2D eigenvalue weighted by Crippen LogP contribution is 2.27. The van der Waals surface area contributed by atoms with E-state index in [-0.39, 0.29) is 6.09 Å². The lowest BCUT2D eigenvalue weighted by atomic mass is 9.95. The highest BCUT2D eigenvalue weighted by Gasteiger charge is 2.25. The van der Waals surface area contributed by atoms with E-state index in [1.165, 1.54) is 16.7 Å². The molecule has 1 aliphatic heterocycles. The van der Waals surface area contributed by atoms with Crippen molar-refractivity contribution in [3.05, 3.63) is 52.4 Å². The Bertz CT molecular complexity index is 844. The molecule has 0 N–H and O–H groups in total. The molecule has 0 atom stereocenters. The van der Waals surface area contributed by atoms with Gasteiger partial charge in [-0.15, -0.1) is 0 Å². The van der Waals surface area contributed by atoms with Crippen molar-refractivity contribution >= 4 is 11.7 Å². The van der Waals surface area contributed by atoms with E-state index in [0.717, 1.165) is 42.6 Å². The summed E-state index contributed by atoms with van der Waals surface area (Å²) in [7, 11) is 0. The predicted molar refractivity (Wildman–Crippen MR) is 112 cm³/mol. The molecule has 1 aromatic heterocycles. The summed E-state index contributed by atoms with van der Waals surface area (Å²) in [5.74, 6) is 0. The molecule has 0 unspecified atom stereocenters. The van der Waals surface area contributed by atoms with Gasteiger partial charge in [-0.25, -0.2) is 4.79 Å². The van der Waals surface area contributed by atoms with Gasteiger partial charge in [0.05, 0.1) is 11.4 Å². The summed E-state index contributed by atoms with van der Waals surface area (Å²) in [4.78, 5) is 14.0. The first-order valence-electron chi connectivity index (χ1n) is 10.1. The summed E-state index contributed by atoms with van der Waals surface area (Å²) < 4.78 is 5.47. The number of carbonyl (C=O) groups excluding carboxylic acids is 1. The van der Waals surface area contributed by atoms with Crippen molar-refractivity contribution < 1.29 is 9.53 Å². The first-order valence-corrected chi connectivity index (χ1v) is 10.1. The third-order valence-electron chi connectivity index (χ3n) is 5.23. The van der Waals surface area contributed by atoms with Crippen LogP contribution < -0.4 is 0 Å². The lowest BCUT2D eigenvalue weighted by Crippen LogP contribution is -2.39. The van der Waals surface area contributed by atoms with Gasteiger partial charge in [0, 0.05) is 19.5 Å². The molecule has 2 aliphatic rings. The smallest absolute Gasteiger partial charge is 0.410 e. The quantitative estimate of drug-likeness (QED) is 0.744. The van der Waals surface area contributed by atoms with Crippen LogP contribution in [0, 0.1) is 13.8 Å². The first-order chi connectivity index (χ1) is 13.2. The minimum Gasteiger partial charge on any atom is -0.444 e. The molecule has 0 saturated carbocycles. The number of amides is 1. The molecular formula is C23H31N3O2. The van der Waals surface area contributed by atoms with E-state index in [1.54, 1.807) is 4.90 Å². The Morgan fingerprint density at radius 1 is 1.14 bits per heavy atom. The third-order valence-corrected chi connectivity index (χ3v) is 5.23. The van der Waals surface area contributed by atoms with Gasteiger partial charge in [0.15, 0.2) is 0 Å². The fourth-order valence-electron chi connectivity index (χ4n) is 3.50. The predicted octanol–water partition coefficient (Wildman–Crippen LogP) is 4.94. The van der Waals surface area contributed by atoms with Crippen molar-refractivity contribution in [3.8, 4) is 0 Å². The topological polar surface area (TPSA) is 55.3 Å². The van der Waals surface area contributed by atoms with Crippen LogP contribution in [0.3, 0.4) is 0 Å². The fraction of sp³-hybridized carbons (Fsp3) is 0.522. The zero-order valence-corrected chi connectivity index (χ0v) is 17.7. The molecule has 28 heavy (non-hydrogen) atoms. The van der Waals surface area contributed by atoms with E-state index in [2.05, 4.69) is 48.3 Å². The summed E-state index contributed by atoms with van der Waals surface area (Å²) in [6, 6.07) is 0. The maximum atomic E-state index is 12.2. The van der Waals surface area contributed by atoms with E-state index in [4.69, 9.17) is 4.74 Å². The van der Waals surface area contributed by atoms with Crippen LogP contribution in [0.2, 0.25) is 0 Å². The molecular weight excluding hydrogens is 350 g/mol. The Balaban J connectivity index is 1.72. The average Bonchev–Trinajstić information content (AvgIpc) is 2.65. The van der Waals surface area contributed by atoms with Crippen LogP contribution in [0.25, 0.3) is 5.57 Å². The Morgan fingerprint density at radius 3 is 2.54 bits per heavy atom. The van der Waals surface area contributed by atoms with Crippen LogP contribution in [0.5, 0.6) is 0 Å². The molecule has 0 bridgehead atoms. The molecule has 5 nitrogen and oxygen atoms in total. The van der Waals surface area contributed by atoms with Crippen LogP contribution in [-0.4, -0.2) is 39.9 Å². The molecule has 1 amide bonds. The number of nitrogens with zero attached hydrogens (tertiary/aromatic N) is 3. The molecule has 0 fully saturated rings. The summed E-state index contributed by atoms with van der Waals surface area (Å²) in [5.41, 5.74) is 6.41. The molecule has 0 saturated heterocycles. The number of hydrogen-bond acceptors (Lipinski definition) is 4. The second kappa shape index (κ2) is 8.29. The van der Waals surface area contributed by atoms with Gasteiger partial charge in [0.1, 0.15) is 5.60 Å². The van der Waals surface area contributed by atoms with E-state index < -0.39 is 5.60 Å². The SMILES string of the molecule is Cc1c(CC2=CCCC=C2)nnc(C2=CCN(C(=O)OC(C)(C)C)CC2)c1C. The first kappa shape index (κ1) is 20.3. The van der Waals surface area contributed by atoms with Crippen LogP contribution in [0.4, 0.5) is 4.79 Å². The largest absolute Gasteiger partial charge is 0.444 e. The second-order valence-corrected chi connectivity index (χ2v) is 8.59. The van der Waals surface area contributed by atoms with Crippen LogP contribution in [0.15, 0.2) is 29.9 Å². The number of rotatable bonds is 3. The molecule has 5 heteroatoms. The average molecular weight is 382 g/mol. The van der Waals surface area contributed by atoms with Gasteiger partial charge in [-0.2, -0.15) is 10.2 Å². The van der Waals surface area contributed by atoms with Gasteiger partial charge in [-0.3, -0.25) is 0 Å². The van der Waals surface area contributed by atoms with Crippen molar-refractivity contribution in [2.24, 2.45) is 0 Å². The van der Waals surface area contributed by atoms with E-state index in [0.29, 0.717) is 13.1 Å². The third kappa shape index (κ3) is 4.89. The van der Waals surface area contributed by atoms with Gasteiger partial charge >= 0.3 is 6.09 Å². The molecule has 0 spiro atoms. The molecule has 1 aliphatic carbocycles. The number of aromatic nitrogens is 2. The maximum Gasteiger partial charge on any atom is 0.410 e. The monoisotopic (exact) mass is 381 g/mol. The number of hydrogen-bond donors (Lipinski definition) is 0. The van der Waals surface area contributed by atoms with Crippen molar-refractivity contribution in [3.63, 3.8) is 0 Å². The number of ether oxygens (including phenoxy) is 1. The highest BCUT2D eigenvalue weighted by molar-refractivity contribution is 5.72. The van der Waals surface area contributed by atoms with Crippen molar-refractivity contribution in [2.75, 3.05) is 13.1 Å². The van der Waals surface area contributed by atoms with E-state index >= 15 is 0 Å². The number of allylic oxidation sites excluding steroid dienone is 4. The summed E-state index contributed by atoms with van der Waals surface area (Å²) in [5, 5.41) is 9.09. The zero-order chi connectivity index (χ0) is 20.3. The Kier molecular flexibility index (Phi) is 6.01. The van der Waals surface area contributed by atoms with E-state index in [9.17, 15) is 4.79 Å². The van der Waals surface area contributed by atoms with Gasteiger partial charge in [0.25, 0.3) is 0 Å². The van der Waals surface area contributed by atoms with Gasteiger partial charge in [0.2, 0.25) is 0 Å². The molecule has 1 aromatic rings. The van der Waals surface area contributed by atoms with Crippen molar-refractivity contribution in [2.45, 2.75) is 65.9 Å². The van der Waals surface area contributed by atoms with Gasteiger partial charge in [-0.1, -0.05) is 24.3 Å². The normalized spacial score (nSPS) is 17.2. The number of carbonyl (C=O) groups is 1. The fourth-order valence-corrected chi connectivity index (χ4v) is 3.50. The lowest BCUT2D eigenvalue weighted by molar-refractivity contribution is 0.0270. The minimum atomic E-state index is -0.473.